The molecule has 5 heteroatoms. The van der Waals surface area contributed by atoms with Crippen LogP contribution in [0.25, 0.3) is 11.4 Å². The molecule has 1 aliphatic rings. The molecule has 20 heavy (non-hydrogen) atoms. The molecule has 0 saturated heterocycles. The SMILES string of the molecule is O=C(O)Cc1nc(-c2cccc(Br)c2)n2c1CCCC2. The highest BCUT2D eigenvalue weighted by atomic mass is 79.9. The molecule has 0 amide bonds. The number of hydrogen-bond donors (Lipinski definition) is 1. The van der Waals surface area contributed by atoms with E-state index in [1.54, 1.807) is 0 Å². The van der Waals surface area contributed by atoms with Crippen molar-refractivity contribution >= 4 is 21.9 Å². The van der Waals surface area contributed by atoms with Crippen LogP contribution in [-0.2, 0) is 24.2 Å². The first-order valence-electron chi connectivity index (χ1n) is 6.71. The van der Waals surface area contributed by atoms with E-state index in [2.05, 4.69) is 25.5 Å². The Morgan fingerprint density at radius 3 is 3.00 bits per heavy atom. The molecule has 0 atom stereocenters. The number of hydrogen-bond acceptors (Lipinski definition) is 2. The van der Waals surface area contributed by atoms with Crippen molar-refractivity contribution in [2.24, 2.45) is 0 Å². The lowest BCUT2D eigenvalue weighted by molar-refractivity contribution is -0.136. The highest BCUT2D eigenvalue weighted by Crippen LogP contribution is 2.29. The molecule has 0 aliphatic carbocycles. The number of benzene rings is 1. The Balaban J connectivity index is 2.11. The Labute approximate surface area is 125 Å². The summed E-state index contributed by atoms with van der Waals surface area (Å²) in [5.74, 6) is 0.0644. The Kier molecular flexibility index (Phi) is 3.61. The molecule has 2 aromatic rings. The van der Waals surface area contributed by atoms with Gasteiger partial charge in [-0.1, -0.05) is 28.1 Å². The van der Waals surface area contributed by atoms with Crippen molar-refractivity contribution in [3.8, 4) is 11.4 Å². The number of rotatable bonds is 3. The highest BCUT2D eigenvalue weighted by Gasteiger charge is 2.22. The van der Waals surface area contributed by atoms with Gasteiger partial charge in [0.05, 0.1) is 12.1 Å². The molecule has 104 valence electrons. The van der Waals surface area contributed by atoms with Crippen LogP contribution in [0.3, 0.4) is 0 Å². The fraction of sp³-hybridized carbons (Fsp3) is 0.333. The van der Waals surface area contributed by atoms with E-state index in [4.69, 9.17) is 5.11 Å². The van der Waals surface area contributed by atoms with Crippen LogP contribution >= 0.6 is 15.9 Å². The number of carboxylic acid groups (broad SMARTS) is 1. The second-order valence-electron chi connectivity index (χ2n) is 5.02. The quantitative estimate of drug-likeness (QED) is 0.937. The van der Waals surface area contributed by atoms with Crippen molar-refractivity contribution in [2.75, 3.05) is 0 Å². The molecular formula is C15H15BrN2O2. The van der Waals surface area contributed by atoms with Crippen LogP contribution in [0.2, 0.25) is 0 Å². The minimum Gasteiger partial charge on any atom is -0.481 e. The summed E-state index contributed by atoms with van der Waals surface area (Å²) in [5, 5.41) is 9.04. The average Bonchev–Trinajstić information content (AvgIpc) is 2.77. The van der Waals surface area contributed by atoms with E-state index in [-0.39, 0.29) is 6.42 Å². The summed E-state index contributed by atoms with van der Waals surface area (Å²) < 4.78 is 3.19. The number of carbonyl (C=O) groups is 1. The van der Waals surface area contributed by atoms with E-state index in [0.29, 0.717) is 5.69 Å². The Morgan fingerprint density at radius 2 is 2.25 bits per heavy atom. The Hall–Kier alpha value is -1.62. The molecule has 0 unspecified atom stereocenters. The maximum atomic E-state index is 11.0. The number of imidazole rings is 1. The molecule has 1 N–H and O–H groups in total. The van der Waals surface area contributed by atoms with Gasteiger partial charge in [-0.05, 0) is 31.4 Å². The van der Waals surface area contributed by atoms with Crippen molar-refractivity contribution in [1.29, 1.82) is 0 Å². The second-order valence-corrected chi connectivity index (χ2v) is 5.93. The van der Waals surface area contributed by atoms with Gasteiger partial charge in [0.1, 0.15) is 5.82 Å². The van der Waals surface area contributed by atoms with Gasteiger partial charge >= 0.3 is 5.97 Å². The van der Waals surface area contributed by atoms with Crippen LogP contribution < -0.4 is 0 Å². The summed E-state index contributed by atoms with van der Waals surface area (Å²) in [6.45, 7) is 0.920. The van der Waals surface area contributed by atoms with E-state index in [9.17, 15) is 4.79 Å². The molecule has 1 aliphatic heterocycles. The largest absolute Gasteiger partial charge is 0.481 e. The van der Waals surface area contributed by atoms with Gasteiger partial charge in [-0.15, -0.1) is 0 Å². The predicted octanol–water partition coefficient (Wildman–Crippen LogP) is 3.28. The molecule has 2 heterocycles. The van der Waals surface area contributed by atoms with Gasteiger partial charge in [0.15, 0.2) is 0 Å². The van der Waals surface area contributed by atoms with Crippen LogP contribution in [0.15, 0.2) is 28.7 Å². The lowest BCUT2D eigenvalue weighted by Crippen LogP contribution is -2.13. The minimum atomic E-state index is -0.822. The predicted molar refractivity (Wildman–Crippen MR) is 79.6 cm³/mol. The first kappa shape index (κ1) is 13.4. The molecule has 0 fully saturated rings. The van der Waals surface area contributed by atoms with Crippen LogP contribution in [-0.4, -0.2) is 20.6 Å². The zero-order chi connectivity index (χ0) is 14.1. The van der Waals surface area contributed by atoms with Gasteiger partial charge < -0.3 is 9.67 Å². The molecule has 1 aromatic heterocycles. The van der Waals surface area contributed by atoms with Gasteiger partial charge in [-0.3, -0.25) is 4.79 Å². The molecular weight excluding hydrogens is 320 g/mol. The van der Waals surface area contributed by atoms with E-state index in [0.717, 1.165) is 47.4 Å². The number of fused-ring (bicyclic) bond motifs is 1. The number of nitrogens with zero attached hydrogens (tertiary/aromatic N) is 2. The summed E-state index contributed by atoms with van der Waals surface area (Å²) in [6, 6.07) is 7.98. The Morgan fingerprint density at radius 1 is 1.40 bits per heavy atom. The van der Waals surface area contributed by atoms with E-state index >= 15 is 0 Å². The van der Waals surface area contributed by atoms with Crippen molar-refractivity contribution < 1.29 is 9.90 Å². The van der Waals surface area contributed by atoms with Crippen LogP contribution in [0, 0.1) is 0 Å². The van der Waals surface area contributed by atoms with Gasteiger partial charge in [0, 0.05) is 22.3 Å². The van der Waals surface area contributed by atoms with Crippen LogP contribution in [0.5, 0.6) is 0 Å². The summed E-state index contributed by atoms with van der Waals surface area (Å²) in [7, 11) is 0. The molecule has 4 nitrogen and oxygen atoms in total. The Bertz CT molecular complexity index is 664. The normalized spacial score (nSPS) is 14.1. The lowest BCUT2D eigenvalue weighted by Gasteiger charge is -2.17. The summed E-state index contributed by atoms with van der Waals surface area (Å²) in [5.41, 5.74) is 2.83. The average molecular weight is 335 g/mol. The fourth-order valence-corrected chi connectivity index (χ4v) is 3.15. The zero-order valence-corrected chi connectivity index (χ0v) is 12.6. The third kappa shape index (κ3) is 2.50. The lowest BCUT2D eigenvalue weighted by atomic mass is 10.1. The molecule has 0 bridgehead atoms. The van der Waals surface area contributed by atoms with Crippen LogP contribution in [0.1, 0.15) is 24.2 Å². The number of carboxylic acids is 1. The smallest absolute Gasteiger partial charge is 0.309 e. The molecule has 3 rings (SSSR count). The molecule has 1 aromatic carbocycles. The summed E-state index contributed by atoms with van der Waals surface area (Å²) in [4.78, 5) is 15.6. The van der Waals surface area contributed by atoms with Gasteiger partial charge in [0.25, 0.3) is 0 Å². The fourth-order valence-electron chi connectivity index (χ4n) is 2.75. The summed E-state index contributed by atoms with van der Waals surface area (Å²) >= 11 is 3.47. The van der Waals surface area contributed by atoms with E-state index in [1.807, 2.05) is 24.3 Å². The van der Waals surface area contributed by atoms with Crippen molar-refractivity contribution in [2.45, 2.75) is 32.2 Å². The highest BCUT2D eigenvalue weighted by molar-refractivity contribution is 9.10. The minimum absolute atomic E-state index is 0.00331. The van der Waals surface area contributed by atoms with Gasteiger partial charge in [-0.25, -0.2) is 4.98 Å². The standard InChI is InChI=1S/C15H15BrN2O2/c16-11-5-3-4-10(8-11)15-17-12(9-14(19)20)13-6-1-2-7-18(13)15/h3-5,8H,1-2,6-7,9H2,(H,19,20). The topological polar surface area (TPSA) is 55.1 Å². The number of aliphatic carboxylic acids is 1. The molecule has 0 radical (unpaired) electrons. The monoisotopic (exact) mass is 334 g/mol. The van der Waals surface area contributed by atoms with Gasteiger partial charge in [0.2, 0.25) is 0 Å². The molecule has 0 spiro atoms. The number of halogens is 1. The second kappa shape index (κ2) is 5.40. The van der Waals surface area contributed by atoms with Crippen molar-refractivity contribution in [1.82, 2.24) is 9.55 Å². The van der Waals surface area contributed by atoms with Gasteiger partial charge in [-0.2, -0.15) is 0 Å². The third-order valence-electron chi connectivity index (χ3n) is 3.60. The zero-order valence-electron chi connectivity index (χ0n) is 11.0. The maximum absolute atomic E-state index is 11.0. The molecule has 0 saturated carbocycles. The van der Waals surface area contributed by atoms with Crippen LogP contribution in [0.4, 0.5) is 0 Å². The van der Waals surface area contributed by atoms with Crippen molar-refractivity contribution in [3.63, 3.8) is 0 Å². The summed E-state index contributed by atoms with van der Waals surface area (Å²) in [6.07, 6.45) is 3.15. The first-order chi connectivity index (χ1) is 9.65. The first-order valence-corrected chi connectivity index (χ1v) is 7.50. The van der Waals surface area contributed by atoms with Crippen molar-refractivity contribution in [3.05, 3.63) is 40.1 Å². The maximum Gasteiger partial charge on any atom is 0.309 e. The number of aromatic nitrogens is 2. The van der Waals surface area contributed by atoms with E-state index < -0.39 is 5.97 Å². The third-order valence-corrected chi connectivity index (χ3v) is 4.10. The van der Waals surface area contributed by atoms with E-state index in [1.165, 1.54) is 0 Å².